The fourth-order valence-electron chi connectivity index (χ4n) is 1.47. The van der Waals surface area contributed by atoms with E-state index in [4.69, 9.17) is 0 Å². The molecule has 1 saturated heterocycles. The Bertz CT molecular complexity index is 324. The van der Waals surface area contributed by atoms with Crippen LogP contribution in [0.5, 0.6) is 0 Å². The van der Waals surface area contributed by atoms with E-state index in [1.165, 1.54) is 12.8 Å². The van der Waals surface area contributed by atoms with Crippen molar-refractivity contribution in [3.63, 3.8) is 0 Å². The van der Waals surface area contributed by atoms with Gasteiger partial charge in [-0.05, 0) is 50.8 Å². The van der Waals surface area contributed by atoms with Gasteiger partial charge in [-0.3, -0.25) is 5.01 Å². The lowest BCUT2D eigenvalue weighted by Crippen LogP contribution is -2.43. The van der Waals surface area contributed by atoms with Crippen LogP contribution in [-0.4, -0.2) is 18.1 Å². The van der Waals surface area contributed by atoms with Crippen molar-refractivity contribution in [2.75, 3.05) is 18.1 Å². The molecule has 1 fully saturated rings. The van der Waals surface area contributed by atoms with Crippen molar-refractivity contribution in [3.8, 4) is 0 Å². The van der Waals surface area contributed by atoms with Gasteiger partial charge in [-0.1, -0.05) is 0 Å². The molecule has 0 aromatic carbocycles. The van der Waals surface area contributed by atoms with E-state index >= 15 is 0 Å². The van der Waals surface area contributed by atoms with Crippen molar-refractivity contribution in [1.29, 1.82) is 0 Å². The van der Waals surface area contributed by atoms with Gasteiger partial charge in [-0.25, -0.2) is 10.4 Å². The zero-order valence-corrected chi connectivity index (χ0v) is 10.8. The Morgan fingerprint density at radius 2 is 2.21 bits per heavy atom. The molecule has 5 heteroatoms. The predicted octanol–water partition coefficient (Wildman–Crippen LogP) is 2.71. The van der Waals surface area contributed by atoms with E-state index in [9.17, 15) is 0 Å². The summed E-state index contributed by atoms with van der Waals surface area (Å²) in [6, 6.07) is 2.01. The number of rotatable bonds is 1. The Morgan fingerprint density at radius 3 is 2.86 bits per heavy atom. The highest BCUT2D eigenvalue weighted by Gasteiger charge is 2.14. The van der Waals surface area contributed by atoms with Crippen molar-refractivity contribution >= 4 is 37.7 Å². The van der Waals surface area contributed by atoms with Crippen LogP contribution in [-0.2, 0) is 0 Å². The van der Waals surface area contributed by atoms with Crippen molar-refractivity contribution in [1.82, 2.24) is 10.4 Å². The first kappa shape index (κ1) is 10.4. The smallest absolute Gasteiger partial charge is 0.157 e. The number of hydrogen-bond donors (Lipinski definition) is 1. The molecule has 1 N–H and O–H groups in total. The molecule has 0 atom stereocenters. The molecule has 1 aliphatic rings. The molecule has 1 aromatic rings. The van der Waals surface area contributed by atoms with Gasteiger partial charge in [0.05, 0.1) is 4.47 Å². The molecular weight excluding hydrogens is 310 g/mol. The zero-order valence-electron chi connectivity index (χ0n) is 7.63. The Morgan fingerprint density at radius 1 is 1.36 bits per heavy atom. The summed E-state index contributed by atoms with van der Waals surface area (Å²) in [5.74, 6) is 0.966. The Balaban J connectivity index is 2.22. The highest BCUT2D eigenvalue weighted by atomic mass is 79.9. The van der Waals surface area contributed by atoms with E-state index in [2.05, 4.69) is 47.3 Å². The van der Waals surface area contributed by atoms with Crippen LogP contribution in [0.1, 0.15) is 12.8 Å². The van der Waals surface area contributed by atoms with Gasteiger partial charge in [0.1, 0.15) is 0 Å². The first-order valence-electron chi connectivity index (χ1n) is 4.59. The lowest BCUT2D eigenvalue weighted by molar-refractivity contribution is 0.506. The number of hydrazine groups is 1. The van der Waals surface area contributed by atoms with E-state index in [0.29, 0.717) is 0 Å². The first-order chi connectivity index (χ1) is 6.77. The summed E-state index contributed by atoms with van der Waals surface area (Å²) in [4.78, 5) is 4.37. The van der Waals surface area contributed by atoms with Crippen LogP contribution >= 0.6 is 31.9 Å². The topological polar surface area (TPSA) is 28.2 Å². The zero-order chi connectivity index (χ0) is 9.97. The van der Waals surface area contributed by atoms with E-state index in [-0.39, 0.29) is 0 Å². The van der Waals surface area contributed by atoms with Crippen LogP contribution < -0.4 is 10.4 Å². The molecule has 0 saturated carbocycles. The standard InChI is InChI=1S/C9H11Br2N3/c10-7-5-8(11)9(12-6-7)14-4-2-1-3-13-14/h5-6,13H,1-4H2. The molecule has 0 aliphatic carbocycles. The minimum absolute atomic E-state index is 0.966. The van der Waals surface area contributed by atoms with Crippen LogP contribution in [0.4, 0.5) is 5.82 Å². The number of nitrogens with zero attached hydrogens (tertiary/aromatic N) is 2. The second-order valence-electron chi connectivity index (χ2n) is 3.23. The minimum Gasteiger partial charge on any atom is -0.291 e. The molecule has 0 radical (unpaired) electrons. The lowest BCUT2D eigenvalue weighted by Gasteiger charge is -2.29. The largest absolute Gasteiger partial charge is 0.291 e. The molecule has 0 unspecified atom stereocenters. The van der Waals surface area contributed by atoms with Crippen LogP contribution in [0.25, 0.3) is 0 Å². The molecule has 0 amide bonds. The van der Waals surface area contributed by atoms with Crippen molar-refractivity contribution in [2.45, 2.75) is 12.8 Å². The van der Waals surface area contributed by atoms with E-state index in [1.54, 1.807) is 0 Å². The fourth-order valence-corrected chi connectivity index (χ4v) is 2.68. The Kier molecular flexibility index (Phi) is 3.41. The van der Waals surface area contributed by atoms with Crippen LogP contribution in [0.3, 0.4) is 0 Å². The maximum atomic E-state index is 4.37. The maximum absolute atomic E-state index is 4.37. The SMILES string of the molecule is Brc1cnc(N2CCCCN2)c(Br)c1. The highest BCUT2D eigenvalue weighted by molar-refractivity contribution is 9.11. The third-order valence-corrected chi connectivity index (χ3v) is 3.17. The molecular formula is C9H11Br2N3. The van der Waals surface area contributed by atoms with E-state index < -0.39 is 0 Å². The predicted molar refractivity (Wildman–Crippen MR) is 64.2 cm³/mol. The molecule has 0 spiro atoms. The monoisotopic (exact) mass is 319 g/mol. The third kappa shape index (κ3) is 2.27. The second kappa shape index (κ2) is 4.59. The number of halogens is 2. The van der Waals surface area contributed by atoms with Gasteiger partial charge in [0.25, 0.3) is 0 Å². The highest BCUT2D eigenvalue weighted by Crippen LogP contribution is 2.26. The Labute approximate surface area is 100 Å². The summed E-state index contributed by atoms with van der Waals surface area (Å²) in [7, 11) is 0. The van der Waals surface area contributed by atoms with Gasteiger partial charge in [0, 0.05) is 23.8 Å². The molecule has 3 nitrogen and oxygen atoms in total. The molecule has 2 heterocycles. The normalized spacial score (nSPS) is 17.1. The van der Waals surface area contributed by atoms with Gasteiger partial charge in [0.15, 0.2) is 5.82 Å². The van der Waals surface area contributed by atoms with Gasteiger partial charge < -0.3 is 0 Å². The van der Waals surface area contributed by atoms with Crippen molar-refractivity contribution < 1.29 is 0 Å². The van der Waals surface area contributed by atoms with E-state index in [0.717, 1.165) is 27.9 Å². The quantitative estimate of drug-likeness (QED) is 0.862. The third-order valence-electron chi connectivity index (χ3n) is 2.16. The number of nitrogens with one attached hydrogen (secondary N) is 1. The molecule has 0 bridgehead atoms. The number of anilines is 1. The average molecular weight is 321 g/mol. The van der Waals surface area contributed by atoms with Gasteiger partial charge in [-0.2, -0.15) is 0 Å². The second-order valence-corrected chi connectivity index (χ2v) is 5.00. The number of hydrogen-bond acceptors (Lipinski definition) is 3. The summed E-state index contributed by atoms with van der Waals surface area (Å²) < 4.78 is 2.01. The van der Waals surface area contributed by atoms with Crippen molar-refractivity contribution in [3.05, 3.63) is 21.2 Å². The van der Waals surface area contributed by atoms with Crippen LogP contribution in [0, 0.1) is 0 Å². The Hall–Kier alpha value is -0.130. The number of pyridine rings is 1. The number of aromatic nitrogens is 1. The van der Waals surface area contributed by atoms with Crippen molar-refractivity contribution in [2.24, 2.45) is 0 Å². The first-order valence-corrected chi connectivity index (χ1v) is 6.18. The lowest BCUT2D eigenvalue weighted by atomic mass is 10.2. The summed E-state index contributed by atoms with van der Waals surface area (Å²) >= 11 is 6.90. The van der Waals surface area contributed by atoms with Gasteiger partial charge >= 0.3 is 0 Å². The maximum Gasteiger partial charge on any atom is 0.157 e. The molecule has 2 rings (SSSR count). The minimum atomic E-state index is 0.966. The summed E-state index contributed by atoms with van der Waals surface area (Å²) in [6.07, 6.45) is 4.28. The van der Waals surface area contributed by atoms with Gasteiger partial charge in [-0.15, -0.1) is 0 Å². The van der Waals surface area contributed by atoms with Gasteiger partial charge in [0.2, 0.25) is 0 Å². The summed E-state index contributed by atoms with van der Waals surface area (Å²) in [5, 5.41) is 2.10. The molecule has 1 aromatic heterocycles. The molecule has 14 heavy (non-hydrogen) atoms. The summed E-state index contributed by atoms with van der Waals surface area (Å²) in [6.45, 7) is 2.05. The average Bonchev–Trinajstić information content (AvgIpc) is 2.19. The van der Waals surface area contributed by atoms with E-state index in [1.807, 2.05) is 12.3 Å². The van der Waals surface area contributed by atoms with Crippen LogP contribution in [0.2, 0.25) is 0 Å². The molecule has 76 valence electrons. The summed E-state index contributed by atoms with van der Waals surface area (Å²) in [5.41, 5.74) is 3.32. The van der Waals surface area contributed by atoms with Crippen LogP contribution in [0.15, 0.2) is 21.2 Å². The molecule has 1 aliphatic heterocycles. The fraction of sp³-hybridized carbons (Fsp3) is 0.444.